The fourth-order valence-electron chi connectivity index (χ4n) is 2.79. The van der Waals surface area contributed by atoms with Crippen LogP contribution < -0.4 is 4.31 Å². The van der Waals surface area contributed by atoms with Crippen LogP contribution in [0, 0.1) is 6.92 Å². The minimum Gasteiger partial charge on any atom is -0.337 e. The molecule has 0 radical (unpaired) electrons. The molecular formula is C21H21ClN2O3S2. The zero-order valence-electron chi connectivity index (χ0n) is 16.3. The lowest BCUT2D eigenvalue weighted by molar-refractivity contribution is 0.0786. The molecule has 1 amide bonds. The Bertz CT molecular complexity index is 1110. The van der Waals surface area contributed by atoms with Gasteiger partial charge >= 0.3 is 0 Å². The predicted molar refractivity (Wildman–Crippen MR) is 118 cm³/mol. The maximum Gasteiger partial charge on any atom is 0.264 e. The summed E-state index contributed by atoms with van der Waals surface area (Å²) in [5.41, 5.74) is 1.69. The number of halogens is 1. The van der Waals surface area contributed by atoms with Gasteiger partial charge in [-0.2, -0.15) is 0 Å². The summed E-state index contributed by atoms with van der Waals surface area (Å²) in [5.74, 6) is -0.223. The summed E-state index contributed by atoms with van der Waals surface area (Å²) in [6.45, 7) is 2.38. The molecule has 5 nitrogen and oxygen atoms in total. The van der Waals surface area contributed by atoms with Gasteiger partial charge in [0.15, 0.2) is 0 Å². The third-order valence-corrected chi connectivity index (χ3v) is 7.52. The zero-order chi connectivity index (χ0) is 21.2. The quantitative estimate of drug-likeness (QED) is 0.543. The second-order valence-electron chi connectivity index (χ2n) is 6.69. The molecule has 3 rings (SSSR count). The number of anilines is 1. The van der Waals surface area contributed by atoms with Gasteiger partial charge in [-0.1, -0.05) is 35.4 Å². The number of amides is 1. The Hall–Kier alpha value is -2.35. The van der Waals surface area contributed by atoms with E-state index in [2.05, 4.69) is 0 Å². The monoisotopic (exact) mass is 448 g/mol. The average Bonchev–Trinajstić information content (AvgIpc) is 3.20. The van der Waals surface area contributed by atoms with Crippen LogP contribution in [0.25, 0.3) is 0 Å². The largest absolute Gasteiger partial charge is 0.337 e. The molecule has 8 heteroatoms. The highest BCUT2D eigenvalue weighted by atomic mass is 35.5. The molecule has 0 N–H and O–H groups in total. The van der Waals surface area contributed by atoms with Crippen LogP contribution in [0.4, 0.5) is 5.69 Å². The van der Waals surface area contributed by atoms with E-state index < -0.39 is 10.0 Å². The van der Waals surface area contributed by atoms with Crippen molar-refractivity contribution in [3.05, 3.63) is 81.0 Å². The molecule has 0 aliphatic carbocycles. The van der Waals surface area contributed by atoms with Crippen molar-refractivity contribution in [3.8, 4) is 0 Å². The van der Waals surface area contributed by atoms with Crippen molar-refractivity contribution >= 4 is 44.6 Å². The van der Waals surface area contributed by atoms with Gasteiger partial charge in [-0.15, -0.1) is 11.3 Å². The summed E-state index contributed by atoms with van der Waals surface area (Å²) in [5, 5.41) is 2.16. The Morgan fingerprint density at radius 3 is 2.34 bits per heavy atom. The second kappa shape index (κ2) is 8.57. The number of hydrogen-bond donors (Lipinski definition) is 0. The normalized spacial score (nSPS) is 11.3. The van der Waals surface area contributed by atoms with E-state index in [1.807, 2.05) is 24.4 Å². The van der Waals surface area contributed by atoms with E-state index in [9.17, 15) is 13.2 Å². The van der Waals surface area contributed by atoms with Gasteiger partial charge in [0, 0.05) is 19.0 Å². The Morgan fingerprint density at radius 2 is 1.76 bits per heavy atom. The van der Waals surface area contributed by atoms with Crippen LogP contribution in [0.2, 0.25) is 5.02 Å². The smallest absolute Gasteiger partial charge is 0.264 e. The highest BCUT2D eigenvalue weighted by Gasteiger charge is 2.23. The van der Waals surface area contributed by atoms with Gasteiger partial charge in [-0.3, -0.25) is 9.10 Å². The minimum atomic E-state index is -3.73. The lowest BCUT2D eigenvalue weighted by atomic mass is 10.1. The first-order valence-corrected chi connectivity index (χ1v) is 11.5. The Labute approximate surface area is 180 Å². The van der Waals surface area contributed by atoms with Crippen molar-refractivity contribution in [3.63, 3.8) is 0 Å². The molecule has 152 valence electrons. The number of nitrogens with zero attached hydrogens (tertiary/aromatic N) is 2. The summed E-state index contributed by atoms with van der Waals surface area (Å²) in [6.07, 6.45) is 0. The molecule has 0 fully saturated rings. The molecule has 0 atom stereocenters. The van der Waals surface area contributed by atoms with Crippen LogP contribution in [0.5, 0.6) is 0 Å². The molecule has 0 aliphatic heterocycles. The van der Waals surface area contributed by atoms with Gasteiger partial charge in [0.25, 0.3) is 15.9 Å². The topological polar surface area (TPSA) is 57.7 Å². The molecule has 0 unspecified atom stereocenters. The van der Waals surface area contributed by atoms with Crippen LogP contribution in [-0.2, 0) is 16.6 Å². The molecule has 1 aromatic heterocycles. The van der Waals surface area contributed by atoms with Gasteiger partial charge in [0.1, 0.15) is 0 Å². The Morgan fingerprint density at radius 1 is 1.07 bits per heavy atom. The predicted octanol–water partition coefficient (Wildman–Crippen LogP) is 4.81. The van der Waals surface area contributed by atoms with E-state index >= 15 is 0 Å². The Kier molecular flexibility index (Phi) is 6.31. The fourth-order valence-corrected chi connectivity index (χ4v) is 4.99. The van der Waals surface area contributed by atoms with Crippen molar-refractivity contribution < 1.29 is 13.2 Å². The average molecular weight is 449 g/mol. The number of carbonyl (C=O) groups excluding carboxylic acids is 1. The number of thiophene rings is 1. The minimum absolute atomic E-state index is 0.192. The van der Waals surface area contributed by atoms with Crippen LogP contribution in [0.3, 0.4) is 0 Å². The van der Waals surface area contributed by atoms with Crippen molar-refractivity contribution in [2.24, 2.45) is 0 Å². The molecule has 0 spiro atoms. The highest BCUT2D eigenvalue weighted by Crippen LogP contribution is 2.28. The number of sulfonamides is 1. The molecule has 3 aromatic rings. The highest BCUT2D eigenvalue weighted by molar-refractivity contribution is 7.92. The third kappa shape index (κ3) is 4.63. The summed E-state index contributed by atoms with van der Waals surface area (Å²) in [6, 6.07) is 15.2. The fraction of sp³-hybridized carbons (Fsp3) is 0.190. The lowest BCUT2D eigenvalue weighted by Gasteiger charge is -2.21. The molecular weight excluding hydrogens is 428 g/mol. The van der Waals surface area contributed by atoms with Crippen molar-refractivity contribution in [2.45, 2.75) is 18.4 Å². The van der Waals surface area contributed by atoms with E-state index in [0.29, 0.717) is 17.8 Å². The van der Waals surface area contributed by atoms with Gasteiger partial charge in [-0.25, -0.2) is 8.42 Å². The summed E-state index contributed by atoms with van der Waals surface area (Å²) in [4.78, 5) is 15.6. The molecule has 0 saturated heterocycles. The first-order chi connectivity index (χ1) is 13.7. The molecule has 2 aromatic carbocycles. The van der Waals surface area contributed by atoms with E-state index in [-0.39, 0.29) is 15.8 Å². The summed E-state index contributed by atoms with van der Waals surface area (Å²) < 4.78 is 26.9. The van der Waals surface area contributed by atoms with Gasteiger partial charge < -0.3 is 4.90 Å². The van der Waals surface area contributed by atoms with E-state index in [4.69, 9.17) is 11.6 Å². The maximum absolute atomic E-state index is 12.9. The maximum atomic E-state index is 12.9. The van der Waals surface area contributed by atoms with Crippen LogP contribution >= 0.6 is 22.9 Å². The van der Waals surface area contributed by atoms with E-state index in [1.165, 1.54) is 13.1 Å². The molecule has 29 heavy (non-hydrogen) atoms. The molecule has 0 aliphatic rings. The standard InChI is InChI=1S/C21H21ClN2O3S2/c1-15-6-9-18(10-7-15)29(26,27)24(3)16-8-11-19(20(22)13-16)21(25)23(2)14-17-5-4-12-28-17/h4-13H,14H2,1-3H3. The number of benzene rings is 2. The van der Waals surface area contributed by atoms with Crippen LogP contribution in [0.15, 0.2) is 64.9 Å². The second-order valence-corrected chi connectivity index (χ2v) is 10.1. The molecule has 1 heterocycles. The van der Waals surface area contributed by atoms with E-state index in [0.717, 1.165) is 14.7 Å². The zero-order valence-corrected chi connectivity index (χ0v) is 18.7. The van der Waals surface area contributed by atoms with Gasteiger partial charge in [0.2, 0.25) is 0 Å². The number of rotatable bonds is 6. The molecule has 0 bridgehead atoms. The van der Waals surface area contributed by atoms with Crippen molar-refractivity contribution in [1.29, 1.82) is 0 Å². The van der Waals surface area contributed by atoms with Crippen LogP contribution in [-0.4, -0.2) is 33.3 Å². The third-order valence-electron chi connectivity index (χ3n) is 4.55. The molecule has 0 saturated carbocycles. The van der Waals surface area contributed by atoms with Gasteiger partial charge in [0.05, 0.1) is 27.7 Å². The van der Waals surface area contributed by atoms with Crippen LogP contribution in [0.1, 0.15) is 20.8 Å². The SMILES string of the molecule is Cc1ccc(S(=O)(=O)N(C)c2ccc(C(=O)N(C)Cc3cccs3)c(Cl)c2)cc1. The van der Waals surface area contributed by atoms with E-state index in [1.54, 1.807) is 59.7 Å². The van der Waals surface area contributed by atoms with Crippen molar-refractivity contribution in [1.82, 2.24) is 4.90 Å². The lowest BCUT2D eigenvalue weighted by Crippen LogP contribution is -2.28. The first kappa shape index (κ1) is 21.4. The number of carbonyl (C=O) groups is 1. The summed E-state index contributed by atoms with van der Waals surface area (Å²) in [7, 11) is -0.556. The first-order valence-electron chi connectivity index (χ1n) is 8.83. The van der Waals surface area contributed by atoms with Gasteiger partial charge in [-0.05, 0) is 48.7 Å². The number of hydrogen-bond acceptors (Lipinski definition) is 4. The number of aryl methyl sites for hydroxylation is 1. The Balaban J connectivity index is 1.83. The van der Waals surface area contributed by atoms with Crippen molar-refractivity contribution in [2.75, 3.05) is 18.4 Å². The summed E-state index contributed by atoms with van der Waals surface area (Å²) >= 11 is 7.92.